The van der Waals surface area contributed by atoms with Crippen molar-refractivity contribution in [3.05, 3.63) is 77.9 Å². The molecule has 1 heterocycles. The second kappa shape index (κ2) is 11.2. The van der Waals surface area contributed by atoms with Gasteiger partial charge in [0.15, 0.2) is 5.75 Å². The van der Waals surface area contributed by atoms with E-state index in [1.807, 2.05) is 5.43 Å². The zero-order chi connectivity index (χ0) is 29.3. The van der Waals surface area contributed by atoms with Crippen LogP contribution < -0.4 is 9.61 Å². The molecule has 0 saturated heterocycles. The highest BCUT2D eigenvalue weighted by Gasteiger charge is 2.49. The van der Waals surface area contributed by atoms with E-state index < -0.39 is 49.4 Å². The Labute approximate surface area is 230 Å². The second-order valence-corrected chi connectivity index (χ2v) is 10.6. The van der Waals surface area contributed by atoms with Gasteiger partial charge in [0.1, 0.15) is 5.56 Å². The van der Waals surface area contributed by atoms with E-state index in [-0.39, 0.29) is 37.3 Å². The van der Waals surface area contributed by atoms with Crippen LogP contribution in [0.5, 0.6) is 5.75 Å². The molecule has 2 N–H and O–H groups in total. The summed E-state index contributed by atoms with van der Waals surface area (Å²) in [6.07, 6.45) is 0. The Balaban J connectivity index is 2.02. The van der Waals surface area contributed by atoms with E-state index in [1.165, 1.54) is 30.5 Å². The maximum atomic E-state index is 13.1. The number of thiophene rings is 1. The second-order valence-electron chi connectivity index (χ2n) is 7.35. The maximum Gasteiger partial charge on any atom is 0.534 e. The molecule has 1 amide bonds. The standard InChI is InChI=1S/C21H12Cl2F3N3O8S2/c1-9(27-28-19(30)11-2-4-12(20(31)32)16(7-11)29(33)34)18-17(37-39(35,36)21(24,25)26)13(8-38-18)10-3-5-14(22)15(23)6-10/h2-8H,1H3,(H,28,30)(H,31,32)/b27-9+. The number of carboxylic acids is 1. The molecule has 0 aliphatic rings. The Hall–Kier alpha value is -3.73. The van der Waals surface area contributed by atoms with Gasteiger partial charge in [0.05, 0.1) is 25.6 Å². The lowest BCUT2D eigenvalue weighted by atomic mass is 10.1. The molecule has 1 aromatic heterocycles. The molecule has 206 valence electrons. The smallest absolute Gasteiger partial charge is 0.477 e. The van der Waals surface area contributed by atoms with Gasteiger partial charge in [0, 0.05) is 22.6 Å². The number of hydrazone groups is 1. The summed E-state index contributed by atoms with van der Waals surface area (Å²) in [6, 6.07) is 6.47. The van der Waals surface area contributed by atoms with E-state index in [9.17, 15) is 41.3 Å². The van der Waals surface area contributed by atoms with Gasteiger partial charge in [-0.25, -0.2) is 10.2 Å². The number of aromatic carboxylic acids is 1. The molecule has 0 atom stereocenters. The fourth-order valence-electron chi connectivity index (χ4n) is 2.95. The molecule has 0 aliphatic carbocycles. The zero-order valence-electron chi connectivity index (χ0n) is 18.9. The van der Waals surface area contributed by atoms with Crippen molar-refractivity contribution < 1.29 is 45.4 Å². The quantitative estimate of drug-likeness (QED) is 0.106. The van der Waals surface area contributed by atoms with Crippen molar-refractivity contribution in [3.63, 3.8) is 0 Å². The summed E-state index contributed by atoms with van der Waals surface area (Å²) >= 11 is 12.6. The van der Waals surface area contributed by atoms with E-state index >= 15 is 0 Å². The molecule has 0 saturated carbocycles. The molecule has 3 aromatic rings. The van der Waals surface area contributed by atoms with Crippen molar-refractivity contribution in [3.8, 4) is 16.9 Å². The number of carboxylic acid groups (broad SMARTS) is 1. The highest BCUT2D eigenvalue weighted by Crippen LogP contribution is 2.42. The normalized spacial score (nSPS) is 12.2. The molecule has 39 heavy (non-hydrogen) atoms. The first-order valence-corrected chi connectivity index (χ1v) is 13.0. The molecule has 0 aliphatic heterocycles. The van der Waals surface area contributed by atoms with Crippen LogP contribution in [0.15, 0.2) is 46.9 Å². The summed E-state index contributed by atoms with van der Waals surface area (Å²) in [7, 11) is -6.13. The molecule has 11 nitrogen and oxygen atoms in total. The van der Waals surface area contributed by atoms with Crippen molar-refractivity contribution in [2.24, 2.45) is 5.10 Å². The summed E-state index contributed by atoms with van der Waals surface area (Å²) in [5, 5.41) is 25.4. The topological polar surface area (TPSA) is 165 Å². The average Bonchev–Trinajstić information content (AvgIpc) is 3.25. The predicted molar refractivity (Wildman–Crippen MR) is 135 cm³/mol. The van der Waals surface area contributed by atoms with Crippen LogP contribution in [-0.2, 0) is 10.1 Å². The van der Waals surface area contributed by atoms with Crippen LogP contribution in [0.3, 0.4) is 0 Å². The molecular weight excluding hydrogens is 614 g/mol. The number of halogens is 5. The number of benzene rings is 2. The van der Waals surface area contributed by atoms with Crippen LogP contribution in [0, 0.1) is 10.1 Å². The lowest BCUT2D eigenvalue weighted by molar-refractivity contribution is -0.385. The van der Waals surface area contributed by atoms with Gasteiger partial charge in [-0.3, -0.25) is 14.9 Å². The monoisotopic (exact) mass is 625 g/mol. The fourth-order valence-corrected chi connectivity index (χ4v) is 4.75. The number of carbonyl (C=O) groups is 2. The van der Waals surface area contributed by atoms with Gasteiger partial charge >= 0.3 is 21.6 Å². The Morgan fingerprint density at radius 3 is 2.38 bits per heavy atom. The van der Waals surface area contributed by atoms with Gasteiger partial charge in [0.2, 0.25) is 0 Å². The molecule has 2 aromatic carbocycles. The number of nitro groups is 1. The molecule has 18 heteroatoms. The van der Waals surface area contributed by atoms with Gasteiger partial charge in [-0.2, -0.15) is 26.7 Å². The van der Waals surface area contributed by atoms with Gasteiger partial charge in [-0.15, -0.1) is 11.3 Å². The highest BCUT2D eigenvalue weighted by molar-refractivity contribution is 7.88. The minimum Gasteiger partial charge on any atom is -0.477 e. The molecule has 0 spiro atoms. The molecule has 0 fully saturated rings. The first kappa shape index (κ1) is 29.8. The number of rotatable bonds is 8. The molecule has 0 bridgehead atoms. The van der Waals surface area contributed by atoms with Crippen molar-refractivity contribution in [1.82, 2.24) is 5.43 Å². The Morgan fingerprint density at radius 2 is 1.82 bits per heavy atom. The SMILES string of the molecule is C/C(=N\NC(=O)c1ccc(C(=O)O)c([N+](=O)[O-])c1)c1scc(-c2ccc(Cl)c(Cl)c2)c1OS(=O)(=O)C(F)(F)F. The van der Waals surface area contributed by atoms with E-state index in [0.717, 1.165) is 23.5 Å². The Morgan fingerprint density at radius 1 is 1.15 bits per heavy atom. The summed E-state index contributed by atoms with van der Waals surface area (Å²) < 4.78 is 67.4. The first-order chi connectivity index (χ1) is 18.0. The third-order valence-corrected chi connectivity index (χ3v) is 7.56. The van der Waals surface area contributed by atoms with Crippen molar-refractivity contribution in [1.29, 1.82) is 0 Å². The van der Waals surface area contributed by atoms with Gasteiger partial charge < -0.3 is 9.29 Å². The number of nitrogens with one attached hydrogen (secondary N) is 1. The van der Waals surface area contributed by atoms with Crippen LogP contribution in [0.4, 0.5) is 18.9 Å². The molecule has 0 radical (unpaired) electrons. The number of nitrogens with zero attached hydrogens (tertiary/aromatic N) is 2. The van der Waals surface area contributed by atoms with Gasteiger partial charge in [0.25, 0.3) is 11.6 Å². The number of amides is 1. The first-order valence-electron chi connectivity index (χ1n) is 9.98. The van der Waals surface area contributed by atoms with Crippen LogP contribution in [0.2, 0.25) is 10.0 Å². The predicted octanol–water partition coefficient (Wildman–Crippen LogP) is 5.71. The highest BCUT2D eigenvalue weighted by atomic mass is 35.5. The van der Waals surface area contributed by atoms with E-state index in [2.05, 4.69) is 9.28 Å². The Bertz CT molecular complexity index is 1640. The van der Waals surface area contributed by atoms with Crippen LogP contribution >= 0.6 is 34.5 Å². The number of hydrogen-bond donors (Lipinski definition) is 2. The van der Waals surface area contributed by atoms with Gasteiger partial charge in [-0.1, -0.05) is 29.3 Å². The van der Waals surface area contributed by atoms with Crippen molar-refractivity contribution >= 4 is 67.9 Å². The lowest BCUT2D eigenvalue weighted by Crippen LogP contribution is -2.28. The van der Waals surface area contributed by atoms with E-state index in [1.54, 1.807) is 0 Å². The summed E-state index contributed by atoms with van der Waals surface area (Å²) in [5.74, 6) is -3.40. The fraction of sp³-hybridized carbons (Fsp3) is 0.0952. The van der Waals surface area contributed by atoms with Crippen LogP contribution in [0.1, 0.15) is 32.5 Å². The maximum absolute atomic E-state index is 13.1. The zero-order valence-corrected chi connectivity index (χ0v) is 22.1. The number of nitro benzene ring substituents is 1. The van der Waals surface area contributed by atoms with Crippen molar-refractivity contribution in [2.45, 2.75) is 12.4 Å². The third-order valence-electron chi connectivity index (χ3n) is 4.79. The van der Waals surface area contributed by atoms with Gasteiger partial charge in [-0.05, 0) is 36.8 Å². The summed E-state index contributed by atoms with van der Waals surface area (Å²) in [6.45, 7) is 1.22. The number of hydrogen-bond acceptors (Lipinski definition) is 9. The lowest BCUT2D eigenvalue weighted by Gasteiger charge is -2.13. The summed E-state index contributed by atoms with van der Waals surface area (Å²) in [5.41, 5.74) is -5.80. The minimum atomic E-state index is -6.13. The summed E-state index contributed by atoms with van der Waals surface area (Å²) in [4.78, 5) is 33.6. The largest absolute Gasteiger partial charge is 0.534 e. The molecule has 0 unspecified atom stereocenters. The van der Waals surface area contributed by atoms with E-state index in [0.29, 0.717) is 6.07 Å². The van der Waals surface area contributed by atoms with E-state index in [4.69, 9.17) is 28.3 Å². The Kier molecular flexibility index (Phi) is 8.54. The van der Waals surface area contributed by atoms with Crippen molar-refractivity contribution in [2.75, 3.05) is 0 Å². The molecule has 3 rings (SSSR count). The average molecular weight is 626 g/mol. The number of alkyl halides is 3. The molecular formula is C21H12Cl2F3N3O8S2. The number of carbonyl (C=O) groups excluding carboxylic acids is 1. The van der Waals surface area contributed by atoms with Crippen LogP contribution in [0.25, 0.3) is 11.1 Å². The van der Waals surface area contributed by atoms with Crippen LogP contribution in [-0.4, -0.2) is 41.5 Å². The minimum absolute atomic E-state index is 0.0206. The third kappa shape index (κ3) is 6.47.